The third kappa shape index (κ3) is 4.64. The molecule has 0 aliphatic carbocycles. The van der Waals surface area contributed by atoms with Crippen LogP contribution in [0, 0.1) is 18.6 Å². The van der Waals surface area contributed by atoms with Crippen LogP contribution < -0.4 is 4.74 Å². The Morgan fingerprint density at radius 3 is 2.42 bits per heavy atom. The maximum Gasteiger partial charge on any atom is 0.219 e. The van der Waals surface area contributed by atoms with Gasteiger partial charge in [-0.3, -0.25) is 9.78 Å². The van der Waals surface area contributed by atoms with Crippen LogP contribution >= 0.6 is 0 Å². The molecule has 0 fully saturated rings. The molecule has 31 heavy (non-hydrogen) atoms. The summed E-state index contributed by atoms with van der Waals surface area (Å²) in [5, 5.41) is 0. The van der Waals surface area contributed by atoms with Gasteiger partial charge in [-0.15, -0.1) is 0 Å². The van der Waals surface area contributed by atoms with E-state index in [1.165, 1.54) is 6.07 Å². The molecule has 4 nitrogen and oxygen atoms in total. The molecule has 0 aliphatic heterocycles. The fraction of sp³-hybridized carbons (Fsp3) is 0.0800. The molecule has 154 valence electrons. The maximum atomic E-state index is 13.8. The van der Waals surface area contributed by atoms with Crippen molar-refractivity contribution in [2.24, 2.45) is 0 Å². The van der Waals surface area contributed by atoms with Crippen molar-refractivity contribution in [1.29, 1.82) is 0 Å². The predicted molar refractivity (Wildman–Crippen MR) is 113 cm³/mol. The highest BCUT2D eigenvalue weighted by Crippen LogP contribution is 2.29. The molecule has 2 aromatic carbocycles. The largest absolute Gasteiger partial charge is 0.439 e. The van der Waals surface area contributed by atoms with Gasteiger partial charge in [-0.05, 0) is 54.4 Å². The Labute approximate surface area is 178 Å². The SMILES string of the molecule is Cc1ccc(Oc2ccccn2)cc1-c1ccc(CC(=O)c2c(F)cccc2F)nc1. The highest BCUT2D eigenvalue weighted by Gasteiger charge is 2.18. The number of carbonyl (C=O) groups excluding carboxylic acids is 1. The molecule has 6 heteroatoms. The second-order valence-corrected chi connectivity index (χ2v) is 6.98. The molecule has 0 spiro atoms. The van der Waals surface area contributed by atoms with Crippen LogP contribution in [0.15, 0.2) is 79.1 Å². The van der Waals surface area contributed by atoms with Gasteiger partial charge < -0.3 is 4.74 Å². The number of aryl methyl sites for hydroxylation is 1. The number of halogens is 2. The van der Waals surface area contributed by atoms with Crippen molar-refractivity contribution in [2.45, 2.75) is 13.3 Å². The van der Waals surface area contributed by atoms with E-state index in [0.29, 0.717) is 17.3 Å². The lowest BCUT2D eigenvalue weighted by Gasteiger charge is -2.10. The molecule has 0 N–H and O–H groups in total. The first-order valence-electron chi connectivity index (χ1n) is 9.63. The third-order valence-corrected chi connectivity index (χ3v) is 4.79. The van der Waals surface area contributed by atoms with Gasteiger partial charge in [-0.2, -0.15) is 0 Å². The Kier molecular flexibility index (Phi) is 5.80. The second kappa shape index (κ2) is 8.83. The number of rotatable bonds is 6. The Bertz CT molecular complexity index is 1210. The first-order valence-corrected chi connectivity index (χ1v) is 9.63. The van der Waals surface area contributed by atoms with Gasteiger partial charge in [0.1, 0.15) is 17.4 Å². The molecule has 0 amide bonds. The van der Waals surface area contributed by atoms with Crippen LogP contribution in [0.3, 0.4) is 0 Å². The highest BCUT2D eigenvalue weighted by molar-refractivity contribution is 5.97. The number of nitrogens with zero attached hydrogens (tertiary/aromatic N) is 2. The van der Waals surface area contributed by atoms with E-state index in [2.05, 4.69) is 9.97 Å². The van der Waals surface area contributed by atoms with E-state index < -0.39 is 23.0 Å². The molecule has 0 saturated carbocycles. The van der Waals surface area contributed by atoms with Gasteiger partial charge in [-0.1, -0.05) is 24.3 Å². The lowest BCUT2D eigenvalue weighted by atomic mass is 10.0. The molecule has 4 aromatic rings. The van der Waals surface area contributed by atoms with Crippen LogP contribution in [-0.4, -0.2) is 15.8 Å². The van der Waals surface area contributed by atoms with Crippen molar-refractivity contribution in [2.75, 3.05) is 0 Å². The molecule has 4 rings (SSSR count). The number of carbonyl (C=O) groups is 1. The number of Topliss-reactive ketones (excluding diaryl/α,β-unsaturated/α-hetero) is 1. The minimum atomic E-state index is -0.873. The van der Waals surface area contributed by atoms with Gasteiger partial charge in [-0.25, -0.2) is 13.8 Å². The molecular weight excluding hydrogens is 398 g/mol. The predicted octanol–water partition coefficient (Wildman–Crippen LogP) is 5.95. The van der Waals surface area contributed by atoms with E-state index in [4.69, 9.17) is 4.74 Å². The second-order valence-electron chi connectivity index (χ2n) is 6.98. The summed E-state index contributed by atoms with van der Waals surface area (Å²) in [7, 11) is 0. The van der Waals surface area contributed by atoms with E-state index in [9.17, 15) is 13.6 Å². The van der Waals surface area contributed by atoms with Gasteiger partial charge >= 0.3 is 0 Å². The van der Waals surface area contributed by atoms with Crippen molar-refractivity contribution in [1.82, 2.24) is 9.97 Å². The summed E-state index contributed by atoms with van der Waals surface area (Å²) in [5.41, 5.74) is 2.65. The zero-order valence-electron chi connectivity index (χ0n) is 16.7. The number of ether oxygens (including phenoxy) is 1. The lowest BCUT2D eigenvalue weighted by Crippen LogP contribution is -2.10. The first-order chi connectivity index (χ1) is 15.0. The fourth-order valence-electron chi connectivity index (χ4n) is 3.21. The number of pyridine rings is 2. The van der Waals surface area contributed by atoms with Gasteiger partial charge in [0.05, 0.1) is 12.0 Å². The number of hydrogen-bond acceptors (Lipinski definition) is 4. The van der Waals surface area contributed by atoms with Gasteiger partial charge in [0.2, 0.25) is 5.88 Å². The number of aromatic nitrogens is 2. The summed E-state index contributed by atoms with van der Waals surface area (Å²) < 4.78 is 33.5. The Morgan fingerprint density at radius 2 is 1.74 bits per heavy atom. The number of ketones is 1. The van der Waals surface area contributed by atoms with Gasteiger partial charge in [0.25, 0.3) is 0 Å². The molecule has 2 aromatic heterocycles. The zero-order chi connectivity index (χ0) is 21.8. The van der Waals surface area contributed by atoms with E-state index in [-0.39, 0.29) is 6.42 Å². The van der Waals surface area contributed by atoms with Crippen LogP contribution in [0.4, 0.5) is 8.78 Å². The first kappa shape index (κ1) is 20.3. The summed E-state index contributed by atoms with van der Waals surface area (Å²) in [6.45, 7) is 1.97. The van der Waals surface area contributed by atoms with E-state index in [1.54, 1.807) is 24.5 Å². The average Bonchev–Trinajstić information content (AvgIpc) is 2.76. The molecule has 0 aliphatic rings. The smallest absolute Gasteiger partial charge is 0.219 e. The molecule has 0 unspecified atom stereocenters. The number of hydrogen-bond donors (Lipinski definition) is 0. The topological polar surface area (TPSA) is 52.1 Å². The number of benzene rings is 2. The van der Waals surface area contributed by atoms with Crippen LogP contribution in [0.25, 0.3) is 11.1 Å². The molecule has 0 bridgehead atoms. The fourth-order valence-corrected chi connectivity index (χ4v) is 3.21. The zero-order valence-corrected chi connectivity index (χ0v) is 16.7. The minimum absolute atomic E-state index is 0.195. The van der Waals surface area contributed by atoms with E-state index in [1.807, 2.05) is 43.3 Å². The molecular formula is C25H18F2N2O2. The minimum Gasteiger partial charge on any atom is -0.439 e. The third-order valence-electron chi connectivity index (χ3n) is 4.79. The average molecular weight is 416 g/mol. The van der Waals surface area contributed by atoms with Gasteiger partial charge in [0, 0.05) is 29.7 Å². The monoisotopic (exact) mass is 416 g/mol. The standard InChI is InChI=1S/C25H18F2N2O2/c1-16-8-11-19(31-24-7-2-3-12-28-24)14-20(16)17-9-10-18(29-15-17)13-23(30)25-21(26)5-4-6-22(25)27/h2-12,14-15H,13H2,1H3. The van der Waals surface area contributed by atoms with E-state index in [0.717, 1.165) is 28.8 Å². The van der Waals surface area contributed by atoms with Crippen LogP contribution in [0.5, 0.6) is 11.6 Å². The van der Waals surface area contributed by atoms with E-state index >= 15 is 0 Å². The molecule has 0 saturated heterocycles. The van der Waals surface area contributed by atoms with Crippen molar-refractivity contribution in [3.05, 3.63) is 108 Å². The Hall–Kier alpha value is -3.93. The molecule has 2 heterocycles. The van der Waals surface area contributed by atoms with Crippen molar-refractivity contribution in [3.63, 3.8) is 0 Å². The van der Waals surface area contributed by atoms with Crippen LogP contribution in [0.2, 0.25) is 0 Å². The quantitative estimate of drug-likeness (QED) is 0.365. The van der Waals surface area contributed by atoms with Crippen LogP contribution in [0.1, 0.15) is 21.6 Å². The Morgan fingerprint density at radius 1 is 0.935 bits per heavy atom. The Balaban J connectivity index is 1.54. The summed E-state index contributed by atoms with van der Waals surface area (Å²) in [6.07, 6.45) is 3.09. The summed E-state index contributed by atoms with van der Waals surface area (Å²) in [6, 6.07) is 18.0. The molecule has 0 atom stereocenters. The summed E-state index contributed by atoms with van der Waals surface area (Å²) in [4.78, 5) is 20.8. The normalized spacial score (nSPS) is 10.7. The molecule has 0 radical (unpaired) electrons. The summed E-state index contributed by atoms with van der Waals surface area (Å²) >= 11 is 0. The van der Waals surface area contributed by atoms with Crippen molar-refractivity contribution < 1.29 is 18.3 Å². The van der Waals surface area contributed by atoms with Crippen molar-refractivity contribution >= 4 is 5.78 Å². The lowest BCUT2D eigenvalue weighted by molar-refractivity contribution is 0.0984. The summed E-state index contributed by atoms with van der Waals surface area (Å²) in [5.74, 6) is -1.28. The highest BCUT2D eigenvalue weighted by atomic mass is 19.1. The van der Waals surface area contributed by atoms with Crippen molar-refractivity contribution in [3.8, 4) is 22.8 Å². The van der Waals surface area contributed by atoms with Gasteiger partial charge in [0.15, 0.2) is 5.78 Å². The maximum absolute atomic E-state index is 13.8. The van der Waals surface area contributed by atoms with Crippen LogP contribution in [-0.2, 0) is 6.42 Å².